The highest BCUT2D eigenvalue weighted by molar-refractivity contribution is 5.95. The zero-order chi connectivity index (χ0) is 15.5. The molecule has 0 bridgehead atoms. The van der Waals surface area contributed by atoms with E-state index in [1.54, 1.807) is 0 Å². The van der Waals surface area contributed by atoms with Gasteiger partial charge in [0.25, 0.3) is 5.91 Å². The Kier molecular flexibility index (Phi) is 5.05. The highest BCUT2D eigenvalue weighted by Gasteiger charge is 2.21. The number of aliphatic hydroxyl groups is 1. The third-order valence-electron chi connectivity index (χ3n) is 2.69. The van der Waals surface area contributed by atoms with Gasteiger partial charge in [0.1, 0.15) is 11.4 Å². The van der Waals surface area contributed by atoms with Crippen LogP contribution in [0.15, 0.2) is 12.1 Å². The number of carbonyl (C=O) groups is 1. The van der Waals surface area contributed by atoms with Gasteiger partial charge in [-0.3, -0.25) is 4.79 Å². The highest BCUT2D eigenvalue weighted by atomic mass is 19.1. The first-order valence-corrected chi connectivity index (χ1v) is 6.31. The molecule has 20 heavy (non-hydrogen) atoms. The molecule has 0 saturated heterocycles. The van der Waals surface area contributed by atoms with Gasteiger partial charge in [-0.15, -0.1) is 0 Å². The van der Waals surface area contributed by atoms with Gasteiger partial charge in [-0.2, -0.15) is 0 Å². The maximum Gasteiger partial charge on any atom is 0.257 e. The Labute approximate surface area is 117 Å². The second kappa shape index (κ2) is 6.17. The number of rotatable bonds is 4. The van der Waals surface area contributed by atoms with E-state index in [0.717, 1.165) is 12.1 Å². The Morgan fingerprint density at radius 2 is 2.00 bits per heavy atom. The standard InChI is InChI=1S/C14H20F2N2O2/c1-14(2,3)6-8(19)7-18-13(20)11-9(15)4-5-10(17)12(11)16/h4-5,8,19H,6-7,17H2,1-3H3,(H,18,20). The molecule has 1 aromatic carbocycles. The average molecular weight is 286 g/mol. The van der Waals surface area contributed by atoms with Crippen LogP contribution >= 0.6 is 0 Å². The summed E-state index contributed by atoms with van der Waals surface area (Å²) in [6, 6.07) is 1.98. The van der Waals surface area contributed by atoms with Crippen molar-refractivity contribution in [3.05, 3.63) is 29.3 Å². The summed E-state index contributed by atoms with van der Waals surface area (Å²) in [5, 5.41) is 12.1. The zero-order valence-electron chi connectivity index (χ0n) is 11.8. The lowest BCUT2D eigenvalue weighted by molar-refractivity contribution is 0.0861. The fourth-order valence-electron chi connectivity index (χ4n) is 1.85. The van der Waals surface area contributed by atoms with Crippen LogP contribution in [0.3, 0.4) is 0 Å². The molecule has 0 fully saturated rings. The van der Waals surface area contributed by atoms with Gasteiger partial charge >= 0.3 is 0 Å². The fourth-order valence-corrected chi connectivity index (χ4v) is 1.85. The summed E-state index contributed by atoms with van der Waals surface area (Å²) >= 11 is 0. The average Bonchev–Trinajstić information content (AvgIpc) is 2.30. The Morgan fingerprint density at radius 3 is 2.55 bits per heavy atom. The van der Waals surface area contributed by atoms with E-state index in [2.05, 4.69) is 5.32 Å². The summed E-state index contributed by atoms with van der Waals surface area (Å²) in [6.07, 6.45) is -0.332. The monoisotopic (exact) mass is 286 g/mol. The summed E-state index contributed by atoms with van der Waals surface area (Å²) in [6.45, 7) is 5.74. The molecule has 0 heterocycles. The second-order valence-corrected chi connectivity index (χ2v) is 5.95. The van der Waals surface area contributed by atoms with Crippen LogP contribution in [0.5, 0.6) is 0 Å². The summed E-state index contributed by atoms with van der Waals surface area (Å²) in [5.41, 5.74) is 4.15. The van der Waals surface area contributed by atoms with Crippen molar-refractivity contribution in [1.82, 2.24) is 5.32 Å². The van der Waals surface area contributed by atoms with Crippen LogP contribution in [0.4, 0.5) is 14.5 Å². The van der Waals surface area contributed by atoms with Crippen LogP contribution in [0.2, 0.25) is 0 Å². The van der Waals surface area contributed by atoms with Crippen molar-refractivity contribution in [3.63, 3.8) is 0 Å². The molecule has 0 aliphatic heterocycles. The van der Waals surface area contributed by atoms with Crippen molar-refractivity contribution >= 4 is 11.6 Å². The lowest BCUT2D eigenvalue weighted by atomic mass is 9.89. The number of nitrogens with one attached hydrogen (secondary N) is 1. The predicted octanol–water partition coefficient (Wildman–Crippen LogP) is 2.07. The van der Waals surface area contributed by atoms with Crippen LogP contribution in [-0.2, 0) is 0 Å². The van der Waals surface area contributed by atoms with Crippen LogP contribution in [0.25, 0.3) is 0 Å². The maximum absolute atomic E-state index is 13.6. The van der Waals surface area contributed by atoms with Crippen LogP contribution in [-0.4, -0.2) is 23.7 Å². The van der Waals surface area contributed by atoms with E-state index in [1.165, 1.54) is 0 Å². The minimum absolute atomic E-state index is 0.0796. The molecule has 0 saturated carbocycles. The SMILES string of the molecule is CC(C)(C)CC(O)CNC(=O)c1c(F)ccc(N)c1F. The number of hydrogen-bond donors (Lipinski definition) is 3. The normalized spacial score (nSPS) is 13.1. The largest absolute Gasteiger partial charge is 0.396 e. The van der Waals surface area contributed by atoms with Crippen LogP contribution in [0, 0.1) is 17.0 Å². The minimum Gasteiger partial charge on any atom is -0.396 e. The van der Waals surface area contributed by atoms with E-state index in [9.17, 15) is 18.7 Å². The number of hydrogen-bond acceptors (Lipinski definition) is 3. The molecule has 112 valence electrons. The van der Waals surface area contributed by atoms with Crippen molar-refractivity contribution in [2.75, 3.05) is 12.3 Å². The summed E-state index contributed by atoms with van der Waals surface area (Å²) in [7, 11) is 0. The summed E-state index contributed by atoms with van der Waals surface area (Å²) in [5.74, 6) is -3.01. The molecule has 4 N–H and O–H groups in total. The molecule has 1 amide bonds. The van der Waals surface area contributed by atoms with E-state index in [1.807, 2.05) is 20.8 Å². The molecular weight excluding hydrogens is 266 g/mol. The van der Waals surface area contributed by atoms with E-state index in [4.69, 9.17) is 5.73 Å². The Hall–Kier alpha value is -1.69. The minimum atomic E-state index is -1.09. The van der Waals surface area contributed by atoms with Gasteiger partial charge < -0.3 is 16.2 Å². The first kappa shape index (κ1) is 16.4. The number of anilines is 1. The van der Waals surface area contributed by atoms with Crippen molar-refractivity contribution < 1.29 is 18.7 Å². The Bertz CT molecular complexity index is 499. The quantitative estimate of drug-likeness (QED) is 0.742. The van der Waals surface area contributed by atoms with Crippen LogP contribution in [0.1, 0.15) is 37.6 Å². The molecule has 1 unspecified atom stereocenters. The molecule has 1 rings (SSSR count). The maximum atomic E-state index is 13.6. The van der Waals surface area contributed by atoms with Gasteiger partial charge in [-0.05, 0) is 24.0 Å². The lowest BCUT2D eigenvalue weighted by Gasteiger charge is -2.22. The molecule has 1 atom stereocenters. The van der Waals surface area contributed by atoms with Gasteiger partial charge in [0, 0.05) is 6.54 Å². The number of halogens is 2. The molecule has 4 nitrogen and oxygen atoms in total. The van der Waals surface area contributed by atoms with E-state index < -0.39 is 29.2 Å². The first-order valence-electron chi connectivity index (χ1n) is 6.31. The number of carbonyl (C=O) groups excluding carboxylic acids is 1. The van der Waals surface area contributed by atoms with Crippen molar-refractivity contribution in [2.24, 2.45) is 5.41 Å². The summed E-state index contributed by atoms with van der Waals surface area (Å²) < 4.78 is 27.1. The number of aliphatic hydroxyl groups excluding tert-OH is 1. The van der Waals surface area contributed by atoms with Gasteiger partial charge in [0.2, 0.25) is 0 Å². The van der Waals surface area contributed by atoms with E-state index >= 15 is 0 Å². The number of benzene rings is 1. The highest BCUT2D eigenvalue weighted by Crippen LogP contribution is 2.21. The zero-order valence-corrected chi connectivity index (χ0v) is 11.8. The van der Waals surface area contributed by atoms with Crippen molar-refractivity contribution in [2.45, 2.75) is 33.3 Å². The number of nitrogen functional groups attached to an aromatic ring is 1. The third-order valence-corrected chi connectivity index (χ3v) is 2.69. The fraction of sp³-hybridized carbons (Fsp3) is 0.500. The Balaban J connectivity index is 2.71. The third kappa shape index (κ3) is 4.45. The smallest absolute Gasteiger partial charge is 0.257 e. The molecule has 0 aliphatic rings. The van der Waals surface area contributed by atoms with Crippen molar-refractivity contribution in [1.29, 1.82) is 0 Å². The Morgan fingerprint density at radius 1 is 1.40 bits per heavy atom. The molecule has 0 spiro atoms. The molecule has 0 aromatic heterocycles. The topological polar surface area (TPSA) is 75.3 Å². The lowest BCUT2D eigenvalue weighted by Crippen LogP contribution is -2.35. The van der Waals surface area contributed by atoms with Gasteiger partial charge in [0.15, 0.2) is 5.82 Å². The summed E-state index contributed by atoms with van der Waals surface area (Å²) in [4.78, 5) is 11.8. The molecule has 1 aromatic rings. The first-order chi connectivity index (χ1) is 9.11. The molecule has 0 radical (unpaired) electrons. The van der Waals surface area contributed by atoms with E-state index in [-0.39, 0.29) is 17.6 Å². The second-order valence-electron chi connectivity index (χ2n) is 5.95. The molecular formula is C14H20F2N2O2. The predicted molar refractivity (Wildman–Crippen MR) is 73.2 cm³/mol. The van der Waals surface area contributed by atoms with Gasteiger partial charge in [0.05, 0.1) is 11.8 Å². The molecule has 6 heteroatoms. The number of amides is 1. The van der Waals surface area contributed by atoms with Crippen LogP contribution < -0.4 is 11.1 Å². The van der Waals surface area contributed by atoms with Gasteiger partial charge in [-0.25, -0.2) is 8.78 Å². The van der Waals surface area contributed by atoms with Gasteiger partial charge in [-0.1, -0.05) is 20.8 Å². The number of nitrogens with two attached hydrogens (primary N) is 1. The van der Waals surface area contributed by atoms with Crippen molar-refractivity contribution in [3.8, 4) is 0 Å². The molecule has 0 aliphatic carbocycles. The van der Waals surface area contributed by atoms with E-state index in [0.29, 0.717) is 6.42 Å².